The van der Waals surface area contributed by atoms with Gasteiger partial charge in [0.25, 0.3) is 5.91 Å². The largest absolute Gasteiger partial charge is 0.455 e. The Labute approximate surface area is 167 Å². The van der Waals surface area contributed by atoms with Crippen LogP contribution in [0.25, 0.3) is 11.0 Å². The summed E-state index contributed by atoms with van der Waals surface area (Å²) in [5, 5.41) is 2.81. The Morgan fingerprint density at radius 2 is 1.79 bits per heavy atom. The molecule has 2 aromatic carbocycles. The molecule has 1 atom stereocenters. The van der Waals surface area contributed by atoms with Crippen molar-refractivity contribution in [2.45, 2.75) is 23.6 Å². The Hall–Kier alpha value is -3.39. The van der Waals surface area contributed by atoms with E-state index in [9.17, 15) is 13.2 Å². The molecule has 0 spiro atoms. The van der Waals surface area contributed by atoms with Gasteiger partial charge in [0.2, 0.25) is 0 Å². The molecule has 0 aliphatic carbocycles. The van der Waals surface area contributed by atoms with Gasteiger partial charge in [-0.1, -0.05) is 30.3 Å². The lowest BCUT2D eigenvalue weighted by Crippen LogP contribution is -2.27. The normalized spacial score (nSPS) is 12.7. The first-order chi connectivity index (χ1) is 13.9. The zero-order valence-electron chi connectivity index (χ0n) is 15.6. The number of hydrogen-bond acceptors (Lipinski definition) is 5. The average molecular weight is 409 g/mol. The van der Waals surface area contributed by atoms with Crippen LogP contribution >= 0.6 is 0 Å². The lowest BCUT2D eigenvalue weighted by atomic mass is 10.3. The lowest BCUT2D eigenvalue weighted by Gasteiger charge is -2.10. The van der Waals surface area contributed by atoms with Crippen LogP contribution in [-0.2, 0) is 15.6 Å². The molecule has 0 saturated carbocycles. The number of nitrogens with one attached hydrogen (secondary N) is 2. The molecule has 1 amide bonds. The molecule has 0 aliphatic rings. The smallest absolute Gasteiger partial charge is 0.287 e. The van der Waals surface area contributed by atoms with Gasteiger partial charge in [0.05, 0.1) is 22.0 Å². The highest BCUT2D eigenvalue weighted by Crippen LogP contribution is 2.19. The van der Waals surface area contributed by atoms with Gasteiger partial charge in [0, 0.05) is 0 Å². The van der Waals surface area contributed by atoms with Crippen LogP contribution in [0.4, 0.5) is 0 Å². The number of carbonyl (C=O) groups excluding carboxylic acids is 1. The van der Waals surface area contributed by atoms with Gasteiger partial charge in [0.15, 0.2) is 15.6 Å². The summed E-state index contributed by atoms with van der Waals surface area (Å²) < 4.78 is 30.4. The molecule has 4 aromatic rings. The van der Waals surface area contributed by atoms with Crippen LogP contribution < -0.4 is 5.32 Å². The zero-order chi connectivity index (χ0) is 20.4. The number of rotatable bonds is 6. The maximum Gasteiger partial charge on any atom is 0.287 e. The van der Waals surface area contributed by atoms with E-state index in [0.29, 0.717) is 5.82 Å². The van der Waals surface area contributed by atoms with E-state index in [-0.39, 0.29) is 28.2 Å². The number of nitrogens with zero attached hydrogens (tertiary/aromatic N) is 1. The van der Waals surface area contributed by atoms with Gasteiger partial charge in [-0.05, 0) is 43.3 Å². The third-order valence-corrected chi connectivity index (χ3v) is 6.14. The van der Waals surface area contributed by atoms with Crippen molar-refractivity contribution in [2.75, 3.05) is 0 Å². The van der Waals surface area contributed by atoms with Crippen LogP contribution in [0.3, 0.4) is 0 Å². The third kappa shape index (κ3) is 4.07. The second-order valence-electron chi connectivity index (χ2n) is 6.67. The van der Waals surface area contributed by atoms with Crippen molar-refractivity contribution in [1.29, 1.82) is 0 Å². The minimum atomic E-state index is -3.55. The van der Waals surface area contributed by atoms with Gasteiger partial charge in [0.1, 0.15) is 17.3 Å². The predicted molar refractivity (Wildman–Crippen MR) is 108 cm³/mol. The van der Waals surface area contributed by atoms with Crippen LogP contribution in [0, 0.1) is 0 Å². The number of para-hydroxylation sites is 2. The summed E-state index contributed by atoms with van der Waals surface area (Å²) in [6, 6.07) is 18.3. The molecule has 0 saturated heterocycles. The topological polar surface area (TPSA) is 105 Å². The van der Waals surface area contributed by atoms with E-state index in [2.05, 4.69) is 15.3 Å². The molecule has 0 radical (unpaired) electrons. The minimum absolute atomic E-state index is 0.0474. The Balaban J connectivity index is 1.45. The highest BCUT2D eigenvalue weighted by Gasteiger charge is 2.21. The number of carbonyl (C=O) groups is 1. The van der Waals surface area contributed by atoms with Crippen LogP contribution in [0.1, 0.15) is 35.1 Å². The number of sulfone groups is 1. The molecule has 0 unspecified atom stereocenters. The van der Waals surface area contributed by atoms with Crippen molar-refractivity contribution < 1.29 is 17.6 Å². The van der Waals surface area contributed by atoms with Crippen molar-refractivity contribution in [3.05, 3.63) is 84.1 Å². The first-order valence-electron chi connectivity index (χ1n) is 9.04. The average Bonchev–Trinajstić information content (AvgIpc) is 3.35. The lowest BCUT2D eigenvalue weighted by molar-refractivity contribution is 0.0909. The van der Waals surface area contributed by atoms with E-state index < -0.39 is 15.7 Å². The number of furan rings is 1. The summed E-state index contributed by atoms with van der Waals surface area (Å²) in [7, 11) is -3.55. The Kier molecular flexibility index (Phi) is 4.94. The van der Waals surface area contributed by atoms with Gasteiger partial charge >= 0.3 is 0 Å². The van der Waals surface area contributed by atoms with Crippen LogP contribution in [-0.4, -0.2) is 24.3 Å². The number of hydrogen-bond donors (Lipinski definition) is 2. The van der Waals surface area contributed by atoms with Gasteiger partial charge in [-0.3, -0.25) is 4.79 Å². The molecule has 0 fully saturated rings. The third-order valence-electron chi connectivity index (χ3n) is 4.49. The van der Waals surface area contributed by atoms with Crippen molar-refractivity contribution in [2.24, 2.45) is 0 Å². The van der Waals surface area contributed by atoms with E-state index in [1.807, 2.05) is 24.3 Å². The summed E-state index contributed by atoms with van der Waals surface area (Å²) >= 11 is 0. The summed E-state index contributed by atoms with van der Waals surface area (Å²) in [6.07, 6.45) is 0. The van der Waals surface area contributed by atoms with E-state index in [0.717, 1.165) is 11.0 Å². The number of imidazole rings is 1. The fourth-order valence-electron chi connectivity index (χ4n) is 2.99. The zero-order valence-corrected chi connectivity index (χ0v) is 16.4. The quantitative estimate of drug-likeness (QED) is 0.506. The monoisotopic (exact) mass is 409 g/mol. The van der Waals surface area contributed by atoms with Crippen molar-refractivity contribution in [3.63, 3.8) is 0 Å². The fraction of sp³-hybridized carbons (Fsp3) is 0.143. The minimum Gasteiger partial charge on any atom is -0.455 e. The van der Waals surface area contributed by atoms with Gasteiger partial charge < -0.3 is 14.7 Å². The fourth-order valence-corrected chi connectivity index (χ4v) is 4.26. The van der Waals surface area contributed by atoms with Crippen LogP contribution in [0.15, 0.2) is 76.0 Å². The Morgan fingerprint density at radius 3 is 2.55 bits per heavy atom. The van der Waals surface area contributed by atoms with Crippen molar-refractivity contribution >= 4 is 26.8 Å². The number of H-pyrrole nitrogens is 1. The molecule has 0 bridgehead atoms. The second kappa shape index (κ2) is 7.56. The van der Waals surface area contributed by atoms with Crippen LogP contribution in [0.2, 0.25) is 0 Å². The summed E-state index contributed by atoms with van der Waals surface area (Å²) in [6.45, 7) is 1.80. The number of amides is 1. The van der Waals surface area contributed by atoms with E-state index in [4.69, 9.17) is 4.42 Å². The second-order valence-corrected chi connectivity index (χ2v) is 8.66. The predicted octanol–water partition coefficient (Wildman–Crippen LogP) is 3.62. The van der Waals surface area contributed by atoms with Gasteiger partial charge in [-0.25, -0.2) is 13.4 Å². The number of aromatic nitrogens is 2. The van der Waals surface area contributed by atoms with Crippen molar-refractivity contribution in [1.82, 2.24) is 15.3 Å². The van der Waals surface area contributed by atoms with E-state index in [1.54, 1.807) is 25.1 Å². The SMILES string of the molecule is C[C@H](NC(=O)c1ccc(CS(=O)(=O)c2ccccc2)o1)c1nc2ccccc2[nH]1. The highest BCUT2D eigenvalue weighted by atomic mass is 32.2. The molecule has 2 aromatic heterocycles. The van der Waals surface area contributed by atoms with Crippen LogP contribution in [0.5, 0.6) is 0 Å². The molecule has 4 rings (SSSR count). The number of aromatic amines is 1. The molecule has 148 valence electrons. The molecule has 8 heteroatoms. The molecule has 7 nitrogen and oxygen atoms in total. The van der Waals surface area contributed by atoms with E-state index >= 15 is 0 Å². The number of fused-ring (bicyclic) bond motifs is 1. The molecule has 29 heavy (non-hydrogen) atoms. The summed E-state index contributed by atoms with van der Waals surface area (Å²) in [4.78, 5) is 20.3. The molecule has 0 aliphatic heterocycles. The van der Waals surface area contributed by atoms with Crippen molar-refractivity contribution in [3.8, 4) is 0 Å². The Morgan fingerprint density at radius 1 is 1.07 bits per heavy atom. The Bertz CT molecular complexity index is 1230. The molecule has 2 N–H and O–H groups in total. The summed E-state index contributed by atoms with van der Waals surface area (Å²) in [5.41, 5.74) is 1.70. The first-order valence-corrected chi connectivity index (χ1v) is 10.7. The molecular formula is C21H19N3O4S. The highest BCUT2D eigenvalue weighted by molar-refractivity contribution is 7.90. The standard InChI is InChI=1S/C21H19N3O4S/c1-14(20-23-17-9-5-6-10-18(17)24-20)22-21(25)19-12-11-15(28-19)13-29(26,27)16-7-3-2-4-8-16/h2-12,14H,13H2,1H3,(H,22,25)(H,23,24)/t14-/m0/s1. The summed E-state index contributed by atoms with van der Waals surface area (Å²) in [5.74, 6) is 0.115. The van der Waals surface area contributed by atoms with Gasteiger partial charge in [-0.15, -0.1) is 0 Å². The number of benzene rings is 2. The maximum absolute atomic E-state index is 12.5. The van der Waals surface area contributed by atoms with Gasteiger partial charge in [-0.2, -0.15) is 0 Å². The first kappa shape index (κ1) is 18.9. The molecular weight excluding hydrogens is 390 g/mol. The van der Waals surface area contributed by atoms with E-state index in [1.165, 1.54) is 24.3 Å². The molecule has 2 heterocycles. The maximum atomic E-state index is 12.5.